The number of halogens is 3. The maximum absolute atomic E-state index is 14.5. The van der Waals surface area contributed by atoms with E-state index in [1.165, 1.54) is 13.2 Å². The largest absolute Gasteiger partial charge is 0.491 e. The molecule has 0 fully saturated rings. The minimum Gasteiger partial charge on any atom is -0.491 e. The van der Waals surface area contributed by atoms with Crippen molar-refractivity contribution in [2.24, 2.45) is 0 Å². The van der Waals surface area contributed by atoms with Gasteiger partial charge in [-0.1, -0.05) is 15.9 Å². The van der Waals surface area contributed by atoms with Gasteiger partial charge in [-0.05, 0) is 31.2 Å². The smallest absolute Gasteiger partial charge is 0.194 e. The van der Waals surface area contributed by atoms with Crippen LogP contribution in [0.15, 0.2) is 34.8 Å². The van der Waals surface area contributed by atoms with Gasteiger partial charge in [0, 0.05) is 16.2 Å². The molecule has 0 N–H and O–H groups in total. The van der Waals surface area contributed by atoms with E-state index in [0.717, 1.165) is 10.2 Å². The molecule has 2 aromatic carbocycles. The second-order valence-electron chi connectivity index (χ2n) is 4.54. The van der Waals surface area contributed by atoms with Crippen LogP contribution in [0.25, 0.3) is 16.7 Å². The first-order chi connectivity index (χ1) is 10.0. The summed E-state index contributed by atoms with van der Waals surface area (Å²) in [5.74, 6) is -1.35. The number of nitrogens with zero attached hydrogens (tertiary/aromatic N) is 2. The maximum Gasteiger partial charge on any atom is 0.194 e. The molecule has 0 saturated carbocycles. The summed E-state index contributed by atoms with van der Waals surface area (Å²) in [7, 11) is 1.24. The lowest BCUT2D eigenvalue weighted by Gasteiger charge is -2.09. The fraction of sp³-hybridized carbons (Fsp3) is 0.133. The molecule has 6 heteroatoms. The summed E-state index contributed by atoms with van der Waals surface area (Å²) in [5, 5.41) is 0. The van der Waals surface area contributed by atoms with Gasteiger partial charge in [-0.3, -0.25) is 4.57 Å². The Bertz CT molecular complexity index is 828. The van der Waals surface area contributed by atoms with Gasteiger partial charge in [-0.15, -0.1) is 0 Å². The van der Waals surface area contributed by atoms with E-state index in [4.69, 9.17) is 4.74 Å². The van der Waals surface area contributed by atoms with Crippen molar-refractivity contribution >= 4 is 27.0 Å². The third-order valence-corrected chi connectivity index (χ3v) is 3.78. The normalized spacial score (nSPS) is 11.1. The Kier molecular flexibility index (Phi) is 3.41. The summed E-state index contributed by atoms with van der Waals surface area (Å²) in [6.45, 7) is 1.74. The van der Waals surface area contributed by atoms with Gasteiger partial charge < -0.3 is 4.74 Å². The Balaban J connectivity index is 2.37. The van der Waals surface area contributed by atoms with E-state index >= 15 is 0 Å². The van der Waals surface area contributed by atoms with E-state index in [-0.39, 0.29) is 11.0 Å². The molecule has 0 saturated heterocycles. The average molecular weight is 353 g/mol. The second-order valence-corrected chi connectivity index (χ2v) is 5.46. The predicted octanol–water partition coefficient (Wildman–Crippen LogP) is 4.38. The zero-order valence-electron chi connectivity index (χ0n) is 11.3. The third kappa shape index (κ3) is 2.19. The minimum absolute atomic E-state index is 0.202. The fourth-order valence-electron chi connectivity index (χ4n) is 2.36. The quantitative estimate of drug-likeness (QED) is 0.684. The Morgan fingerprint density at radius 3 is 2.48 bits per heavy atom. The van der Waals surface area contributed by atoms with Crippen molar-refractivity contribution in [2.45, 2.75) is 6.92 Å². The number of rotatable bonds is 2. The number of benzene rings is 2. The van der Waals surface area contributed by atoms with Crippen LogP contribution in [0.2, 0.25) is 0 Å². The number of ether oxygens (including phenoxy) is 1. The third-order valence-electron chi connectivity index (χ3n) is 3.25. The maximum atomic E-state index is 14.5. The van der Waals surface area contributed by atoms with Crippen molar-refractivity contribution in [1.82, 2.24) is 9.55 Å². The molecule has 0 bridgehead atoms. The molecule has 108 valence electrons. The van der Waals surface area contributed by atoms with Crippen LogP contribution in [0, 0.1) is 18.6 Å². The van der Waals surface area contributed by atoms with Crippen LogP contribution in [-0.2, 0) is 0 Å². The van der Waals surface area contributed by atoms with Crippen LogP contribution >= 0.6 is 15.9 Å². The van der Waals surface area contributed by atoms with Crippen molar-refractivity contribution < 1.29 is 13.5 Å². The topological polar surface area (TPSA) is 27.1 Å². The van der Waals surface area contributed by atoms with Gasteiger partial charge >= 0.3 is 0 Å². The van der Waals surface area contributed by atoms with Gasteiger partial charge in [0.25, 0.3) is 0 Å². The van der Waals surface area contributed by atoms with Crippen molar-refractivity contribution in [3.63, 3.8) is 0 Å². The van der Waals surface area contributed by atoms with Crippen LogP contribution in [0.1, 0.15) is 5.82 Å². The summed E-state index contributed by atoms with van der Waals surface area (Å²) < 4.78 is 35.6. The summed E-state index contributed by atoms with van der Waals surface area (Å²) in [4.78, 5) is 4.22. The van der Waals surface area contributed by atoms with Crippen LogP contribution in [0.5, 0.6) is 5.75 Å². The Hall–Kier alpha value is -1.95. The highest BCUT2D eigenvalue weighted by atomic mass is 79.9. The monoisotopic (exact) mass is 352 g/mol. The molecule has 3 rings (SSSR count). The number of fused-ring (bicyclic) bond motifs is 1. The van der Waals surface area contributed by atoms with E-state index < -0.39 is 17.4 Å². The highest BCUT2D eigenvalue weighted by Crippen LogP contribution is 2.32. The van der Waals surface area contributed by atoms with Crippen LogP contribution in [0.3, 0.4) is 0 Å². The van der Waals surface area contributed by atoms with Crippen molar-refractivity contribution in [3.05, 3.63) is 52.3 Å². The molecular formula is C15H11BrF2N2O. The van der Waals surface area contributed by atoms with Crippen LogP contribution in [-0.4, -0.2) is 16.7 Å². The van der Waals surface area contributed by atoms with Crippen LogP contribution < -0.4 is 4.74 Å². The molecule has 0 spiro atoms. The number of methoxy groups -OCH3 is 1. The van der Waals surface area contributed by atoms with Crippen LogP contribution in [0.4, 0.5) is 8.78 Å². The first kappa shape index (κ1) is 14.0. The molecular weight excluding hydrogens is 342 g/mol. The average Bonchev–Trinajstić information content (AvgIpc) is 2.76. The van der Waals surface area contributed by atoms with Crippen molar-refractivity contribution in [3.8, 4) is 11.4 Å². The molecule has 1 heterocycles. The zero-order chi connectivity index (χ0) is 15.1. The molecule has 0 aliphatic heterocycles. The molecule has 0 amide bonds. The van der Waals surface area contributed by atoms with E-state index in [1.807, 2.05) is 24.3 Å². The molecule has 1 aromatic heterocycles. The number of aromatic nitrogens is 2. The molecule has 0 unspecified atom stereocenters. The minimum atomic E-state index is -0.761. The van der Waals surface area contributed by atoms with Crippen molar-refractivity contribution in [2.75, 3.05) is 7.11 Å². The summed E-state index contributed by atoms with van der Waals surface area (Å²) in [6.07, 6.45) is 0. The molecule has 3 nitrogen and oxygen atoms in total. The highest BCUT2D eigenvalue weighted by Gasteiger charge is 2.21. The van der Waals surface area contributed by atoms with Gasteiger partial charge in [0.2, 0.25) is 0 Å². The lowest BCUT2D eigenvalue weighted by molar-refractivity contribution is 0.362. The zero-order valence-corrected chi connectivity index (χ0v) is 12.9. The Morgan fingerprint density at radius 1 is 1.19 bits per heavy atom. The standard InChI is InChI=1S/C15H11BrF2N2O/c1-8-19-12-7-11(17)15(21-2)13(18)14(12)20(8)10-5-3-9(16)4-6-10/h3-7H,1-2H3. The Labute approximate surface area is 128 Å². The molecule has 3 aromatic rings. The number of aryl methyl sites for hydroxylation is 1. The SMILES string of the molecule is COc1c(F)cc2nc(C)n(-c3ccc(Br)cc3)c2c1F. The molecule has 0 aliphatic carbocycles. The van der Waals surface area contributed by atoms with Gasteiger partial charge in [0.05, 0.1) is 12.6 Å². The van der Waals surface area contributed by atoms with Gasteiger partial charge in [-0.25, -0.2) is 13.8 Å². The summed E-state index contributed by atoms with van der Waals surface area (Å²) in [6, 6.07) is 8.53. The number of imidazole rings is 1. The van der Waals surface area contributed by atoms with E-state index in [9.17, 15) is 8.78 Å². The van der Waals surface area contributed by atoms with Crippen molar-refractivity contribution in [1.29, 1.82) is 0 Å². The van der Waals surface area contributed by atoms with E-state index in [1.54, 1.807) is 11.5 Å². The first-order valence-corrected chi connectivity index (χ1v) is 6.99. The molecule has 21 heavy (non-hydrogen) atoms. The van der Waals surface area contributed by atoms with Gasteiger partial charge in [0.1, 0.15) is 11.3 Å². The summed E-state index contributed by atoms with van der Waals surface area (Å²) in [5.41, 5.74) is 1.20. The number of hydrogen-bond donors (Lipinski definition) is 0. The Morgan fingerprint density at radius 2 is 1.86 bits per heavy atom. The lowest BCUT2D eigenvalue weighted by atomic mass is 10.2. The predicted molar refractivity (Wildman–Crippen MR) is 80.0 cm³/mol. The van der Waals surface area contributed by atoms with E-state index in [0.29, 0.717) is 5.82 Å². The molecule has 0 radical (unpaired) electrons. The van der Waals surface area contributed by atoms with Gasteiger partial charge in [0.15, 0.2) is 17.4 Å². The second kappa shape index (κ2) is 5.11. The number of hydrogen-bond acceptors (Lipinski definition) is 2. The van der Waals surface area contributed by atoms with E-state index in [2.05, 4.69) is 20.9 Å². The molecule has 0 atom stereocenters. The molecule has 0 aliphatic rings. The summed E-state index contributed by atoms with van der Waals surface area (Å²) >= 11 is 3.36. The van der Waals surface area contributed by atoms with Gasteiger partial charge in [-0.2, -0.15) is 0 Å². The fourth-order valence-corrected chi connectivity index (χ4v) is 2.62. The lowest BCUT2D eigenvalue weighted by Crippen LogP contribution is -2.00. The first-order valence-electron chi connectivity index (χ1n) is 6.20. The highest BCUT2D eigenvalue weighted by molar-refractivity contribution is 9.10.